The molecule has 8 nitrogen and oxygen atoms in total. The van der Waals surface area contributed by atoms with Crippen molar-refractivity contribution >= 4 is 44.2 Å². The van der Waals surface area contributed by atoms with Gasteiger partial charge < -0.3 is 29.7 Å². The molecular weight excluding hydrogens is 526 g/mol. The molecule has 0 saturated heterocycles. The number of rotatable bonds is 9. The van der Waals surface area contributed by atoms with Crippen LogP contribution in [0.1, 0.15) is 12.0 Å². The van der Waals surface area contributed by atoms with Gasteiger partial charge in [-0.15, -0.1) is 0 Å². The predicted molar refractivity (Wildman–Crippen MR) is 143 cm³/mol. The Balaban J connectivity index is 1.81. The molecule has 0 fully saturated rings. The molecule has 36 heavy (non-hydrogen) atoms. The molecule has 2 atom stereocenters. The Labute approximate surface area is 219 Å². The van der Waals surface area contributed by atoms with Crippen LogP contribution in [-0.4, -0.2) is 58.4 Å². The molecule has 0 bridgehead atoms. The van der Waals surface area contributed by atoms with Crippen molar-refractivity contribution in [2.45, 2.75) is 25.1 Å². The van der Waals surface area contributed by atoms with E-state index in [2.05, 4.69) is 26.6 Å². The Kier molecular flexibility index (Phi) is 8.45. The largest absolute Gasteiger partial charge is 0.496 e. The third kappa shape index (κ3) is 5.48. The minimum absolute atomic E-state index is 0.0831. The Morgan fingerprint density at radius 2 is 1.94 bits per heavy atom. The molecule has 0 radical (unpaired) electrons. The van der Waals surface area contributed by atoms with Crippen LogP contribution in [0, 0.1) is 0 Å². The van der Waals surface area contributed by atoms with Crippen molar-refractivity contribution in [2.75, 3.05) is 39.3 Å². The maximum absolute atomic E-state index is 14.1. The number of likely N-dealkylation sites (N-methyl/N-ethyl adjacent to an activating group) is 1. The molecule has 9 heteroatoms. The molecule has 3 aromatic rings. The van der Waals surface area contributed by atoms with Crippen molar-refractivity contribution < 1.29 is 23.8 Å². The van der Waals surface area contributed by atoms with Gasteiger partial charge in [0, 0.05) is 30.2 Å². The van der Waals surface area contributed by atoms with E-state index in [0.29, 0.717) is 30.2 Å². The Morgan fingerprint density at radius 3 is 2.69 bits per heavy atom. The van der Waals surface area contributed by atoms with E-state index in [1.807, 2.05) is 54.6 Å². The van der Waals surface area contributed by atoms with Crippen molar-refractivity contribution in [3.63, 3.8) is 0 Å². The van der Waals surface area contributed by atoms with Crippen LogP contribution in [-0.2, 0) is 20.9 Å². The first-order valence-electron chi connectivity index (χ1n) is 11.7. The Hall–Kier alpha value is -3.14. The third-order valence-corrected chi connectivity index (χ3v) is 6.68. The van der Waals surface area contributed by atoms with E-state index in [0.717, 1.165) is 20.8 Å². The minimum atomic E-state index is -0.900. The van der Waals surface area contributed by atoms with E-state index in [1.54, 1.807) is 26.2 Å². The van der Waals surface area contributed by atoms with Crippen molar-refractivity contribution in [3.8, 4) is 11.5 Å². The lowest BCUT2D eigenvalue weighted by Crippen LogP contribution is -2.56. The van der Waals surface area contributed by atoms with Gasteiger partial charge in [-0.1, -0.05) is 40.2 Å². The molecule has 4 rings (SSSR count). The molecule has 3 aromatic carbocycles. The second kappa shape index (κ2) is 11.7. The molecule has 2 N–H and O–H groups in total. The number of hydrogen-bond donors (Lipinski definition) is 2. The highest BCUT2D eigenvalue weighted by atomic mass is 79.9. The molecule has 2 amide bonds. The summed E-state index contributed by atoms with van der Waals surface area (Å²) < 4.78 is 18.3. The van der Waals surface area contributed by atoms with Crippen molar-refractivity contribution in [3.05, 3.63) is 64.6 Å². The topological polar surface area (TPSA) is 89.1 Å². The molecule has 1 aliphatic heterocycles. The standard InChI is InChI=1S/C27H30BrN3O5/c1-29-15-25(32)30-26-24(12-13-34-2)36-23-7-5-4-6-21(23)31(27(26)33)16-20-19-10-9-18(28)14-17(19)8-11-22(20)35-3/h4-11,14,24,26,29H,12-13,15-16H2,1-3H3,(H,30,32). The van der Waals surface area contributed by atoms with Gasteiger partial charge in [-0.3, -0.25) is 9.59 Å². The van der Waals surface area contributed by atoms with Gasteiger partial charge in [0.25, 0.3) is 5.91 Å². The summed E-state index contributed by atoms with van der Waals surface area (Å²) in [7, 11) is 4.89. The van der Waals surface area contributed by atoms with Gasteiger partial charge in [0.05, 0.1) is 25.9 Å². The average Bonchev–Trinajstić information content (AvgIpc) is 2.98. The molecule has 0 aliphatic carbocycles. The zero-order chi connectivity index (χ0) is 25.7. The van der Waals surface area contributed by atoms with Gasteiger partial charge in [-0.25, -0.2) is 0 Å². The van der Waals surface area contributed by atoms with Gasteiger partial charge >= 0.3 is 0 Å². The minimum Gasteiger partial charge on any atom is -0.496 e. The number of nitrogens with zero attached hydrogens (tertiary/aromatic N) is 1. The first kappa shape index (κ1) is 25.9. The van der Waals surface area contributed by atoms with E-state index in [4.69, 9.17) is 14.2 Å². The maximum atomic E-state index is 14.1. The number of halogens is 1. The normalized spacial score (nSPS) is 17.3. The summed E-state index contributed by atoms with van der Waals surface area (Å²) in [6.45, 7) is 0.695. The monoisotopic (exact) mass is 555 g/mol. The second-order valence-electron chi connectivity index (χ2n) is 8.52. The molecule has 0 aromatic heterocycles. The van der Waals surface area contributed by atoms with Crippen LogP contribution in [0.15, 0.2) is 59.1 Å². The summed E-state index contributed by atoms with van der Waals surface area (Å²) in [5, 5.41) is 7.70. The van der Waals surface area contributed by atoms with Crippen molar-refractivity contribution in [1.29, 1.82) is 0 Å². The van der Waals surface area contributed by atoms with E-state index in [-0.39, 0.29) is 24.9 Å². The first-order valence-corrected chi connectivity index (χ1v) is 12.5. The molecule has 2 unspecified atom stereocenters. The second-order valence-corrected chi connectivity index (χ2v) is 9.43. The third-order valence-electron chi connectivity index (χ3n) is 6.19. The van der Waals surface area contributed by atoms with E-state index < -0.39 is 12.1 Å². The fourth-order valence-corrected chi connectivity index (χ4v) is 4.86. The molecule has 0 spiro atoms. The summed E-state index contributed by atoms with van der Waals surface area (Å²) in [6, 6.07) is 16.4. The maximum Gasteiger partial charge on any atom is 0.253 e. The number of benzene rings is 3. The van der Waals surface area contributed by atoms with Crippen LogP contribution in [0.5, 0.6) is 11.5 Å². The molecule has 1 heterocycles. The summed E-state index contributed by atoms with van der Waals surface area (Å²) in [5.74, 6) is 0.688. The van der Waals surface area contributed by atoms with Gasteiger partial charge in [0.1, 0.15) is 23.6 Å². The summed E-state index contributed by atoms with van der Waals surface area (Å²) in [4.78, 5) is 28.4. The van der Waals surface area contributed by atoms with Crippen LogP contribution in [0.3, 0.4) is 0 Å². The number of carbonyl (C=O) groups excluding carboxylic acids is 2. The zero-order valence-corrected chi connectivity index (χ0v) is 22.1. The fraction of sp³-hybridized carbons (Fsp3) is 0.333. The summed E-state index contributed by atoms with van der Waals surface area (Å²) in [6.07, 6.45) is -0.171. The SMILES string of the molecule is CNCC(=O)NC1C(=O)N(Cc2c(OC)ccc3cc(Br)ccc23)c2ccccc2OC1CCOC. The fourth-order valence-electron chi connectivity index (χ4n) is 4.48. The number of hydrogen-bond acceptors (Lipinski definition) is 6. The van der Waals surface area contributed by atoms with Crippen LogP contribution in [0.4, 0.5) is 5.69 Å². The Bertz CT molecular complexity index is 1250. The number of carbonyl (C=O) groups is 2. The lowest BCUT2D eigenvalue weighted by Gasteiger charge is -2.28. The van der Waals surface area contributed by atoms with Crippen LogP contribution >= 0.6 is 15.9 Å². The average molecular weight is 556 g/mol. The zero-order valence-electron chi connectivity index (χ0n) is 20.5. The molecular formula is C27H30BrN3O5. The van der Waals surface area contributed by atoms with Crippen molar-refractivity contribution in [2.24, 2.45) is 0 Å². The highest BCUT2D eigenvalue weighted by Crippen LogP contribution is 2.38. The number of ether oxygens (including phenoxy) is 3. The van der Waals surface area contributed by atoms with Gasteiger partial charge in [0.2, 0.25) is 5.91 Å². The van der Waals surface area contributed by atoms with Crippen LogP contribution in [0.2, 0.25) is 0 Å². The lowest BCUT2D eigenvalue weighted by atomic mass is 10.0. The molecule has 190 valence electrons. The number of methoxy groups -OCH3 is 2. The molecule has 1 aliphatic rings. The number of amides is 2. The summed E-state index contributed by atoms with van der Waals surface area (Å²) >= 11 is 3.54. The number of fused-ring (bicyclic) bond motifs is 2. The highest BCUT2D eigenvalue weighted by molar-refractivity contribution is 9.10. The summed E-state index contributed by atoms with van der Waals surface area (Å²) in [5.41, 5.74) is 1.49. The van der Waals surface area contributed by atoms with Gasteiger partial charge in [-0.05, 0) is 48.2 Å². The van der Waals surface area contributed by atoms with Crippen LogP contribution in [0.25, 0.3) is 10.8 Å². The molecule has 0 saturated carbocycles. The highest BCUT2D eigenvalue weighted by Gasteiger charge is 2.39. The quantitative estimate of drug-likeness (QED) is 0.419. The lowest BCUT2D eigenvalue weighted by molar-refractivity contribution is -0.129. The number of nitrogens with one attached hydrogen (secondary N) is 2. The van der Waals surface area contributed by atoms with E-state index in [9.17, 15) is 9.59 Å². The first-order chi connectivity index (χ1) is 17.5. The predicted octanol–water partition coefficient (Wildman–Crippen LogP) is 3.65. The van der Waals surface area contributed by atoms with Gasteiger partial charge in [-0.2, -0.15) is 0 Å². The van der Waals surface area contributed by atoms with Crippen LogP contribution < -0.4 is 25.0 Å². The number of para-hydroxylation sites is 2. The van der Waals surface area contributed by atoms with Gasteiger partial charge in [0.15, 0.2) is 0 Å². The number of anilines is 1. The van der Waals surface area contributed by atoms with Crippen molar-refractivity contribution in [1.82, 2.24) is 10.6 Å². The van der Waals surface area contributed by atoms with E-state index >= 15 is 0 Å². The smallest absolute Gasteiger partial charge is 0.253 e. The Morgan fingerprint density at radius 1 is 1.14 bits per heavy atom. The van der Waals surface area contributed by atoms with E-state index in [1.165, 1.54) is 0 Å².